The third-order valence-electron chi connectivity index (χ3n) is 6.82. The SMILES string of the molecule is S=c1n(C[NH+]2CCOCC2)nc(COc2ccc(C3CCCCC3)cc2)n1-c1ccccc1. The largest absolute Gasteiger partial charge is 0.486 e. The van der Waals surface area contributed by atoms with Gasteiger partial charge in [0.2, 0.25) is 4.77 Å². The van der Waals surface area contributed by atoms with E-state index in [1.165, 1.54) is 42.6 Å². The van der Waals surface area contributed by atoms with Gasteiger partial charge in [0.1, 0.15) is 25.4 Å². The monoisotopic (exact) mass is 465 g/mol. The Bertz CT molecular complexity index is 1080. The summed E-state index contributed by atoms with van der Waals surface area (Å²) in [5.41, 5.74) is 2.45. The van der Waals surface area contributed by atoms with Gasteiger partial charge in [-0.1, -0.05) is 49.6 Å². The number of ether oxygens (including phenoxy) is 2. The highest BCUT2D eigenvalue weighted by molar-refractivity contribution is 7.71. The topological polar surface area (TPSA) is 45.6 Å². The average molecular weight is 466 g/mol. The number of nitrogens with zero attached hydrogens (tertiary/aromatic N) is 3. The molecule has 2 aromatic carbocycles. The number of para-hydroxylation sites is 1. The van der Waals surface area contributed by atoms with E-state index in [0.29, 0.717) is 17.3 Å². The van der Waals surface area contributed by atoms with Crippen molar-refractivity contribution in [2.45, 2.75) is 51.3 Å². The van der Waals surface area contributed by atoms with Gasteiger partial charge < -0.3 is 14.4 Å². The number of benzene rings is 2. The molecule has 1 N–H and O–H groups in total. The van der Waals surface area contributed by atoms with Gasteiger partial charge in [0.05, 0.1) is 13.2 Å². The molecule has 1 aliphatic heterocycles. The summed E-state index contributed by atoms with van der Waals surface area (Å²) in [6, 6.07) is 18.8. The number of nitrogens with one attached hydrogen (secondary N) is 1. The van der Waals surface area contributed by atoms with Crippen LogP contribution < -0.4 is 9.64 Å². The van der Waals surface area contributed by atoms with Crippen LogP contribution in [0, 0.1) is 4.77 Å². The number of morpholine rings is 1. The fourth-order valence-electron chi connectivity index (χ4n) is 4.94. The van der Waals surface area contributed by atoms with Gasteiger partial charge in [0.25, 0.3) is 0 Å². The first kappa shape index (κ1) is 22.3. The first-order chi connectivity index (χ1) is 16.3. The molecule has 2 aliphatic rings. The lowest BCUT2D eigenvalue weighted by atomic mass is 9.84. The average Bonchev–Trinajstić information content (AvgIpc) is 3.19. The van der Waals surface area contributed by atoms with Crippen molar-refractivity contribution in [1.29, 1.82) is 0 Å². The normalized spacial score (nSPS) is 17.8. The van der Waals surface area contributed by atoms with Crippen LogP contribution in [0.5, 0.6) is 5.75 Å². The zero-order valence-electron chi connectivity index (χ0n) is 19.1. The third kappa shape index (κ3) is 5.37. The van der Waals surface area contributed by atoms with Gasteiger partial charge in [-0.2, -0.15) is 4.68 Å². The van der Waals surface area contributed by atoms with Crippen molar-refractivity contribution in [3.63, 3.8) is 0 Å². The number of quaternary nitrogens is 1. The van der Waals surface area contributed by atoms with Crippen LogP contribution in [-0.4, -0.2) is 40.7 Å². The molecule has 174 valence electrons. The van der Waals surface area contributed by atoms with Crippen molar-refractivity contribution >= 4 is 12.2 Å². The maximum absolute atomic E-state index is 6.19. The van der Waals surface area contributed by atoms with E-state index in [4.69, 9.17) is 26.8 Å². The molecular weight excluding hydrogens is 432 g/mol. The van der Waals surface area contributed by atoms with E-state index in [2.05, 4.69) is 36.4 Å². The second-order valence-electron chi connectivity index (χ2n) is 9.08. The fraction of sp³-hybridized carbons (Fsp3) is 0.462. The molecule has 0 atom stereocenters. The number of hydrogen-bond donors (Lipinski definition) is 1. The molecule has 1 saturated carbocycles. The molecule has 0 spiro atoms. The minimum atomic E-state index is 0.368. The van der Waals surface area contributed by atoms with Crippen molar-refractivity contribution in [3.05, 3.63) is 70.8 Å². The Morgan fingerprint density at radius 2 is 1.70 bits per heavy atom. The van der Waals surface area contributed by atoms with Crippen LogP contribution in [0.2, 0.25) is 0 Å². The predicted octanol–water partition coefficient (Wildman–Crippen LogP) is 3.90. The van der Waals surface area contributed by atoms with Gasteiger partial charge in [-0.25, -0.2) is 0 Å². The van der Waals surface area contributed by atoms with Crippen molar-refractivity contribution < 1.29 is 14.4 Å². The molecule has 1 saturated heterocycles. The summed E-state index contributed by atoms with van der Waals surface area (Å²) >= 11 is 5.85. The maximum Gasteiger partial charge on any atom is 0.207 e. The summed E-state index contributed by atoms with van der Waals surface area (Å²) in [4.78, 5) is 1.43. The van der Waals surface area contributed by atoms with E-state index in [1.54, 1.807) is 0 Å². The smallest absolute Gasteiger partial charge is 0.207 e. The quantitative estimate of drug-likeness (QED) is 0.538. The van der Waals surface area contributed by atoms with E-state index in [-0.39, 0.29) is 0 Å². The lowest BCUT2D eigenvalue weighted by molar-refractivity contribution is -0.930. The summed E-state index contributed by atoms with van der Waals surface area (Å²) in [5.74, 6) is 2.39. The Labute approximate surface area is 200 Å². The Kier molecular flexibility index (Phi) is 7.19. The van der Waals surface area contributed by atoms with Gasteiger partial charge >= 0.3 is 0 Å². The van der Waals surface area contributed by atoms with Gasteiger partial charge in [-0.05, 0) is 60.8 Å². The Hall–Kier alpha value is -2.48. The van der Waals surface area contributed by atoms with Gasteiger partial charge in [0.15, 0.2) is 12.5 Å². The summed E-state index contributed by atoms with van der Waals surface area (Å²) in [6.45, 7) is 4.62. The molecule has 5 rings (SSSR count). The van der Waals surface area contributed by atoms with Crippen molar-refractivity contribution in [3.8, 4) is 11.4 Å². The lowest BCUT2D eigenvalue weighted by Crippen LogP contribution is -3.13. The minimum Gasteiger partial charge on any atom is -0.486 e. The molecule has 1 aliphatic carbocycles. The van der Waals surface area contributed by atoms with Gasteiger partial charge in [0, 0.05) is 5.69 Å². The van der Waals surface area contributed by atoms with Crippen LogP contribution in [0.25, 0.3) is 5.69 Å². The molecule has 0 radical (unpaired) electrons. The molecule has 7 heteroatoms. The highest BCUT2D eigenvalue weighted by atomic mass is 32.1. The zero-order valence-corrected chi connectivity index (χ0v) is 19.9. The van der Waals surface area contributed by atoms with E-state index in [0.717, 1.165) is 50.2 Å². The van der Waals surface area contributed by atoms with Crippen molar-refractivity contribution in [2.75, 3.05) is 26.3 Å². The molecule has 0 amide bonds. The number of aromatic nitrogens is 3. The number of hydrogen-bond acceptors (Lipinski definition) is 4. The first-order valence-corrected chi connectivity index (χ1v) is 12.6. The van der Waals surface area contributed by atoms with E-state index >= 15 is 0 Å². The van der Waals surface area contributed by atoms with Crippen molar-refractivity contribution in [1.82, 2.24) is 14.3 Å². The summed E-state index contributed by atoms with van der Waals surface area (Å²) < 4.78 is 16.4. The zero-order chi connectivity index (χ0) is 22.5. The molecule has 6 nitrogen and oxygen atoms in total. The highest BCUT2D eigenvalue weighted by Gasteiger charge is 2.19. The Morgan fingerprint density at radius 3 is 2.42 bits per heavy atom. The second-order valence-corrected chi connectivity index (χ2v) is 9.45. The molecule has 2 fully saturated rings. The maximum atomic E-state index is 6.19. The fourth-order valence-corrected chi connectivity index (χ4v) is 5.25. The molecule has 0 unspecified atom stereocenters. The highest BCUT2D eigenvalue weighted by Crippen LogP contribution is 2.33. The van der Waals surface area contributed by atoms with Crippen LogP contribution in [0.1, 0.15) is 49.4 Å². The summed E-state index contributed by atoms with van der Waals surface area (Å²) in [7, 11) is 0. The Balaban J connectivity index is 1.34. The van der Waals surface area contributed by atoms with Gasteiger partial charge in [-0.15, -0.1) is 5.10 Å². The first-order valence-electron chi connectivity index (χ1n) is 12.2. The summed E-state index contributed by atoms with van der Waals surface area (Å²) in [5, 5.41) is 4.88. The van der Waals surface area contributed by atoms with Crippen LogP contribution in [0.3, 0.4) is 0 Å². The number of rotatable bonds is 7. The van der Waals surface area contributed by atoms with E-state index in [9.17, 15) is 0 Å². The Morgan fingerprint density at radius 1 is 0.970 bits per heavy atom. The van der Waals surface area contributed by atoms with E-state index in [1.807, 2.05) is 27.4 Å². The predicted molar refractivity (Wildman–Crippen MR) is 131 cm³/mol. The third-order valence-corrected chi connectivity index (χ3v) is 7.21. The minimum absolute atomic E-state index is 0.368. The van der Waals surface area contributed by atoms with E-state index < -0.39 is 0 Å². The molecule has 0 bridgehead atoms. The standard InChI is InChI=1S/C26H32N4O2S/c33-26-29(20-28-15-17-31-18-16-28)27-25(30(26)23-9-5-2-6-10-23)19-32-24-13-11-22(12-14-24)21-7-3-1-4-8-21/h2,5-6,9-14,21H,1,3-4,7-8,15-20H2/p+1. The summed E-state index contributed by atoms with van der Waals surface area (Å²) in [6.07, 6.45) is 6.69. The molecule has 1 aromatic heterocycles. The molecule has 33 heavy (non-hydrogen) atoms. The van der Waals surface area contributed by atoms with Crippen LogP contribution in [0.4, 0.5) is 0 Å². The van der Waals surface area contributed by atoms with Crippen LogP contribution in [0.15, 0.2) is 54.6 Å². The van der Waals surface area contributed by atoms with Gasteiger partial charge in [-0.3, -0.25) is 4.57 Å². The van der Waals surface area contributed by atoms with Crippen LogP contribution in [-0.2, 0) is 18.0 Å². The van der Waals surface area contributed by atoms with Crippen LogP contribution >= 0.6 is 12.2 Å². The molecular formula is C26H33N4O2S+. The molecule has 3 aromatic rings. The molecule has 2 heterocycles. The lowest BCUT2D eigenvalue weighted by Gasteiger charge is -2.23. The second kappa shape index (κ2) is 10.6. The van der Waals surface area contributed by atoms with Crippen molar-refractivity contribution in [2.24, 2.45) is 0 Å².